The van der Waals surface area contributed by atoms with Crippen molar-refractivity contribution < 1.29 is 4.74 Å². The van der Waals surface area contributed by atoms with E-state index in [4.69, 9.17) is 9.72 Å². The Morgan fingerprint density at radius 1 is 0.970 bits per heavy atom. The van der Waals surface area contributed by atoms with Gasteiger partial charge >= 0.3 is 0 Å². The van der Waals surface area contributed by atoms with Crippen molar-refractivity contribution in [3.8, 4) is 11.3 Å². The molecule has 2 fully saturated rings. The van der Waals surface area contributed by atoms with E-state index in [0.29, 0.717) is 17.9 Å². The van der Waals surface area contributed by atoms with E-state index in [1.54, 1.807) is 6.20 Å². The van der Waals surface area contributed by atoms with Crippen LogP contribution in [-0.4, -0.2) is 56.9 Å². The summed E-state index contributed by atoms with van der Waals surface area (Å²) in [7, 11) is 0. The second-order valence-corrected chi connectivity index (χ2v) is 8.78. The van der Waals surface area contributed by atoms with Crippen LogP contribution in [0.2, 0.25) is 0 Å². The molecule has 0 aliphatic carbocycles. The molecule has 1 aromatic carbocycles. The van der Waals surface area contributed by atoms with Gasteiger partial charge in [0.25, 0.3) is 0 Å². The molecule has 0 saturated carbocycles. The van der Waals surface area contributed by atoms with Crippen molar-refractivity contribution >= 4 is 11.6 Å². The second-order valence-electron chi connectivity index (χ2n) is 8.78. The molecule has 0 radical (unpaired) electrons. The van der Waals surface area contributed by atoms with Crippen LogP contribution in [0.1, 0.15) is 36.1 Å². The van der Waals surface area contributed by atoms with Gasteiger partial charge in [-0.25, -0.2) is 9.97 Å². The van der Waals surface area contributed by atoms with E-state index < -0.39 is 0 Å². The maximum absolute atomic E-state index is 5.44. The molecule has 168 valence electrons. The van der Waals surface area contributed by atoms with Crippen molar-refractivity contribution in [3.63, 3.8) is 0 Å². The van der Waals surface area contributed by atoms with Crippen molar-refractivity contribution in [3.05, 3.63) is 72.3 Å². The topological polar surface area (TPSA) is 89.3 Å². The van der Waals surface area contributed by atoms with Crippen molar-refractivity contribution in [1.29, 1.82) is 0 Å². The number of nitrogens with zero attached hydrogens (tertiary/aromatic N) is 5. The Kier molecular flexibility index (Phi) is 5.45. The van der Waals surface area contributed by atoms with Crippen LogP contribution in [0.5, 0.6) is 0 Å². The maximum Gasteiger partial charge on any atom is 0.223 e. The normalized spacial score (nSPS) is 21.5. The van der Waals surface area contributed by atoms with E-state index in [1.165, 1.54) is 5.56 Å². The standard InChI is InChI=1S/C25H27N7O/c1-2-4-17(5-3-1)20-15-26-16-21(20)24-31-30-23-14-18(7-11-32(23)24)22-6-10-27-25(29-22)28-19-8-12-33-13-9-19/h1-7,10-11,14,19-21,26H,8-9,12-13,15-16H2,(H,27,28,29). The Morgan fingerprint density at radius 2 is 1.82 bits per heavy atom. The van der Waals surface area contributed by atoms with Crippen LogP contribution in [0.15, 0.2) is 60.9 Å². The number of hydrogen-bond acceptors (Lipinski definition) is 7. The summed E-state index contributed by atoms with van der Waals surface area (Å²) in [4.78, 5) is 9.16. The summed E-state index contributed by atoms with van der Waals surface area (Å²) in [5.41, 5.74) is 4.05. The molecular formula is C25H27N7O. The zero-order valence-electron chi connectivity index (χ0n) is 18.4. The fraction of sp³-hybridized carbons (Fsp3) is 0.360. The first kappa shape index (κ1) is 20.3. The molecule has 2 aliphatic rings. The summed E-state index contributed by atoms with van der Waals surface area (Å²) in [5.74, 6) is 2.32. The smallest absolute Gasteiger partial charge is 0.223 e. The Hall–Kier alpha value is -3.36. The van der Waals surface area contributed by atoms with E-state index in [-0.39, 0.29) is 5.92 Å². The maximum atomic E-state index is 5.44. The van der Waals surface area contributed by atoms with Crippen LogP contribution in [0.4, 0.5) is 5.95 Å². The van der Waals surface area contributed by atoms with Crippen LogP contribution in [0, 0.1) is 0 Å². The highest BCUT2D eigenvalue weighted by Crippen LogP contribution is 2.35. The van der Waals surface area contributed by atoms with Gasteiger partial charge < -0.3 is 15.4 Å². The Bertz CT molecular complexity index is 1240. The van der Waals surface area contributed by atoms with Crippen LogP contribution in [0.25, 0.3) is 16.9 Å². The number of benzene rings is 1. The minimum Gasteiger partial charge on any atom is -0.381 e. The third kappa shape index (κ3) is 4.07. The SMILES string of the molecule is c1ccc(C2CNCC2c2nnc3cc(-c4ccnc(NC5CCOCC5)n4)ccn23)cc1. The summed E-state index contributed by atoms with van der Waals surface area (Å²) in [6.45, 7) is 3.41. The molecule has 6 rings (SSSR count). The van der Waals surface area contributed by atoms with Gasteiger partial charge in [-0.2, -0.15) is 0 Å². The first-order valence-corrected chi connectivity index (χ1v) is 11.6. The third-order valence-electron chi connectivity index (χ3n) is 6.72. The average molecular weight is 442 g/mol. The molecule has 4 aromatic rings. The summed E-state index contributed by atoms with van der Waals surface area (Å²) in [5, 5.41) is 16.1. The van der Waals surface area contributed by atoms with Gasteiger partial charge in [-0.15, -0.1) is 10.2 Å². The van der Waals surface area contributed by atoms with Gasteiger partial charge in [-0.3, -0.25) is 4.40 Å². The molecule has 2 atom stereocenters. The molecule has 2 unspecified atom stereocenters. The number of hydrogen-bond donors (Lipinski definition) is 2. The Balaban J connectivity index is 1.27. The van der Waals surface area contributed by atoms with Crippen LogP contribution >= 0.6 is 0 Å². The van der Waals surface area contributed by atoms with E-state index in [9.17, 15) is 0 Å². The van der Waals surface area contributed by atoms with E-state index >= 15 is 0 Å². The lowest BCUT2D eigenvalue weighted by molar-refractivity contribution is 0.0903. The summed E-state index contributed by atoms with van der Waals surface area (Å²) < 4.78 is 7.55. The highest BCUT2D eigenvalue weighted by molar-refractivity contribution is 5.64. The number of aromatic nitrogens is 5. The highest BCUT2D eigenvalue weighted by Gasteiger charge is 2.33. The Labute approximate surface area is 192 Å². The van der Waals surface area contributed by atoms with Crippen molar-refractivity contribution in [2.45, 2.75) is 30.7 Å². The van der Waals surface area contributed by atoms with Crippen LogP contribution < -0.4 is 10.6 Å². The first-order chi connectivity index (χ1) is 16.3. The summed E-state index contributed by atoms with van der Waals surface area (Å²) in [6.07, 6.45) is 5.82. The monoisotopic (exact) mass is 441 g/mol. The highest BCUT2D eigenvalue weighted by atomic mass is 16.5. The lowest BCUT2D eigenvalue weighted by Crippen LogP contribution is -2.28. The zero-order valence-corrected chi connectivity index (χ0v) is 18.4. The zero-order chi connectivity index (χ0) is 22.0. The lowest BCUT2D eigenvalue weighted by atomic mass is 9.88. The molecule has 5 heterocycles. The molecule has 0 amide bonds. The number of anilines is 1. The third-order valence-corrected chi connectivity index (χ3v) is 6.72. The Morgan fingerprint density at radius 3 is 2.70 bits per heavy atom. The van der Waals surface area contributed by atoms with E-state index in [1.807, 2.05) is 6.07 Å². The van der Waals surface area contributed by atoms with Crippen molar-refractivity contribution in [2.24, 2.45) is 0 Å². The molecule has 0 spiro atoms. The molecular weight excluding hydrogens is 414 g/mol. The van der Waals surface area contributed by atoms with Gasteiger partial charge in [-0.1, -0.05) is 30.3 Å². The largest absolute Gasteiger partial charge is 0.381 e. The fourth-order valence-electron chi connectivity index (χ4n) is 4.94. The van der Waals surface area contributed by atoms with E-state index in [0.717, 1.165) is 61.9 Å². The lowest BCUT2D eigenvalue weighted by Gasteiger charge is -2.23. The molecule has 2 saturated heterocycles. The van der Waals surface area contributed by atoms with Gasteiger partial charge in [-0.05, 0) is 36.6 Å². The van der Waals surface area contributed by atoms with Gasteiger partial charge in [0, 0.05) is 62.1 Å². The van der Waals surface area contributed by atoms with E-state index in [2.05, 4.69) is 78.9 Å². The number of ether oxygens (including phenoxy) is 1. The number of rotatable bonds is 5. The summed E-state index contributed by atoms with van der Waals surface area (Å²) >= 11 is 0. The first-order valence-electron chi connectivity index (χ1n) is 11.6. The number of pyridine rings is 1. The quantitative estimate of drug-likeness (QED) is 0.491. The molecule has 2 aliphatic heterocycles. The van der Waals surface area contributed by atoms with Crippen LogP contribution in [-0.2, 0) is 4.74 Å². The predicted octanol–water partition coefficient (Wildman–Crippen LogP) is 3.25. The van der Waals surface area contributed by atoms with Crippen LogP contribution in [0.3, 0.4) is 0 Å². The fourth-order valence-corrected chi connectivity index (χ4v) is 4.94. The second kappa shape index (κ2) is 8.88. The summed E-state index contributed by atoms with van der Waals surface area (Å²) in [6, 6.07) is 17.1. The average Bonchev–Trinajstić information content (AvgIpc) is 3.52. The van der Waals surface area contributed by atoms with Gasteiger partial charge in [0.15, 0.2) is 5.65 Å². The molecule has 0 bridgehead atoms. The molecule has 2 N–H and O–H groups in total. The van der Waals surface area contributed by atoms with Gasteiger partial charge in [0.2, 0.25) is 5.95 Å². The molecule has 8 nitrogen and oxygen atoms in total. The predicted molar refractivity (Wildman–Crippen MR) is 126 cm³/mol. The number of fused-ring (bicyclic) bond motifs is 1. The van der Waals surface area contributed by atoms with Gasteiger partial charge in [0.1, 0.15) is 5.82 Å². The van der Waals surface area contributed by atoms with Crippen molar-refractivity contribution in [2.75, 3.05) is 31.6 Å². The van der Waals surface area contributed by atoms with Crippen molar-refractivity contribution in [1.82, 2.24) is 29.9 Å². The minimum absolute atomic E-state index is 0.280. The molecule has 33 heavy (non-hydrogen) atoms. The number of nitrogens with one attached hydrogen (secondary N) is 2. The minimum atomic E-state index is 0.280. The molecule has 8 heteroatoms. The molecule has 3 aromatic heterocycles. The van der Waals surface area contributed by atoms with Gasteiger partial charge in [0.05, 0.1) is 5.69 Å².